The Morgan fingerprint density at radius 2 is 2.20 bits per heavy atom. The Morgan fingerprint density at radius 1 is 1.50 bits per heavy atom. The Balaban J connectivity index is 0.000000810. The van der Waals surface area contributed by atoms with E-state index in [0.717, 1.165) is 0 Å². The molecular formula is C9H13Y-. The molecule has 10 heavy (non-hydrogen) atoms. The van der Waals surface area contributed by atoms with Crippen LogP contribution in [0.5, 0.6) is 0 Å². The Bertz CT molecular complexity index is 154. The van der Waals surface area contributed by atoms with Crippen molar-refractivity contribution in [1.82, 2.24) is 0 Å². The maximum absolute atomic E-state index is 3.37. The van der Waals surface area contributed by atoms with Crippen molar-refractivity contribution in [2.45, 2.75) is 33.1 Å². The molecule has 0 fully saturated rings. The molecule has 0 amide bonds. The predicted octanol–water partition coefficient (Wildman–Crippen LogP) is 2.86. The van der Waals surface area contributed by atoms with Gasteiger partial charge in [-0.3, -0.25) is 0 Å². The molecule has 53 valence electrons. The Kier molecular flexibility index (Phi) is 5.57. The molecule has 1 heteroatoms. The van der Waals surface area contributed by atoms with Crippen molar-refractivity contribution < 1.29 is 32.7 Å². The maximum Gasteiger partial charge on any atom is 0 e. The van der Waals surface area contributed by atoms with E-state index in [1.165, 1.54) is 30.4 Å². The number of hydrogen-bond acceptors (Lipinski definition) is 0. The summed E-state index contributed by atoms with van der Waals surface area (Å²) >= 11 is 0. The van der Waals surface area contributed by atoms with E-state index in [9.17, 15) is 0 Å². The second-order valence-electron chi connectivity index (χ2n) is 2.40. The fourth-order valence-electron chi connectivity index (χ4n) is 1.12. The van der Waals surface area contributed by atoms with Crippen molar-refractivity contribution in [1.29, 1.82) is 0 Å². The monoisotopic (exact) mass is 210 g/mol. The van der Waals surface area contributed by atoms with Crippen LogP contribution in [0.15, 0.2) is 17.2 Å². The molecule has 0 spiro atoms. The van der Waals surface area contributed by atoms with Crippen LogP contribution in [0.2, 0.25) is 0 Å². The van der Waals surface area contributed by atoms with E-state index in [0.29, 0.717) is 0 Å². The van der Waals surface area contributed by atoms with Gasteiger partial charge in [0.15, 0.2) is 0 Å². The van der Waals surface area contributed by atoms with Gasteiger partial charge < -0.3 is 0 Å². The second-order valence-corrected chi connectivity index (χ2v) is 2.40. The molecule has 1 radical (unpaired) electrons. The minimum absolute atomic E-state index is 0. The Labute approximate surface area is 88.7 Å². The molecule has 0 bridgehead atoms. The van der Waals surface area contributed by atoms with Crippen LogP contribution < -0.4 is 0 Å². The standard InChI is InChI=1S/C9H13.Y/c1-3-8-5-6-9(4-2)7-8;/h3H,4-6H2,1-2H3;/q-1;. The van der Waals surface area contributed by atoms with Crippen molar-refractivity contribution >= 4 is 0 Å². The number of rotatable bonds is 1. The molecule has 0 aliphatic heterocycles. The second kappa shape index (κ2) is 5.26. The maximum atomic E-state index is 3.37. The van der Waals surface area contributed by atoms with E-state index in [4.69, 9.17) is 0 Å². The fourth-order valence-corrected chi connectivity index (χ4v) is 1.12. The first kappa shape index (κ1) is 10.6. The van der Waals surface area contributed by atoms with Crippen LogP contribution in [0.4, 0.5) is 0 Å². The molecule has 0 N–H and O–H groups in total. The first-order valence-electron chi connectivity index (χ1n) is 3.63. The van der Waals surface area contributed by atoms with E-state index in [-0.39, 0.29) is 32.7 Å². The van der Waals surface area contributed by atoms with Gasteiger partial charge in [0, 0.05) is 32.7 Å². The van der Waals surface area contributed by atoms with Gasteiger partial charge in [0.25, 0.3) is 0 Å². The average Bonchev–Trinajstić information content (AvgIpc) is 2.34. The summed E-state index contributed by atoms with van der Waals surface area (Å²) in [5.41, 5.74) is 2.88. The molecule has 0 heterocycles. The third-order valence-corrected chi connectivity index (χ3v) is 1.81. The zero-order valence-electron chi connectivity index (χ0n) is 6.78. The topological polar surface area (TPSA) is 0 Å². The zero-order valence-corrected chi connectivity index (χ0v) is 9.61. The van der Waals surface area contributed by atoms with Crippen LogP contribution >= 0.6 is 0 Å². The van der Waals surface area contributed by atoms with Gasteiger partial charge in [-0.2, -0.15) is 5.57 Å². The van der Waals surface area contributed by atoms with Crippen molar-refractivity contribution in [3.63, 3.8) is 0 Å². The Hall–Kier alpha value is 0.584. The van der Waals surface area contributed by atoms with E-state index >= 15 is 0 Å². The molecular weight excluding hydrogens is 197 g/mol. The van der Waals surface area contributed by atoms with Crippen molar-refractivity contribution in [2.75, 3.05) is 0 Å². The third-order valence-electron chi connectivity index (χ3n) is 1.81. The Morgan fingerprint density at radius 3 is 2.50 bits per heavy atom. The number of allylic oxidation sites excluding steroid dienone is 4. The third kappa shape index (κ3) is 2.68. The van der Waals surface area contributed by atoms with E-state index in [1.54, 1.807) is 0 Å². The molecule has 0 saturated heterocycles. The van der Waals surface area contributed by atoms with Crippen LogP contribution in [0.3, 0.4) is 0 Å². The van der Waals surface area contributed by atoms with Crippen LogP contribution in [-0.2, 0) is 32.7 Å². The summed E-state index contributed by atoms with van der Waals surface area (Å²) in [6.07, 6.45) is 9.17. The first-order chi connectivity index (χ1) is 4.36. The van der Waals surface area contributed by atoms with Crippen molar-refractivity contribution in [2.24, 2.45) is 0 Å². The van der Waals surface area contributed by atoms with Crippen molar-refractivity contribution in [3.05, 3.63) is 23.3 Å². The summed E-state index contributed by atoms with van der Waals surface area (Å²) in [5, 5.41) is 0. The average molecular weight is 210 g/mol. The fraction of sp³-hybridized carbons (Fsp3) is 0.556. The summed E-state index contributed by atoms with van der Waals surface area (Å²) < 4.78 is 0. The number of hydrogen-bond donors (Lipinski definition) is 0. The van der Waals surface area contributed by atoms with Crippen LogP contribution in [0.1, 0.15) is 33.1 Å². The summed E-state index contributed by atoms with van der Waals surface area (Å²) in [7, 11) is 0. The summed E-state index contributed by atoms with van der Waals surface area (Å²) in [6, 6.07) is 0. The smallest absolute Gasteiger partial charge is 0 e. The van der Waals surface area contributed by atoms with E-state index in [2.05, 4.69) is 26.0 Å². The molecule has 0 aromatic rings. The summed E-state index contributed by atoms with van der Waals surface area (Å²) in [5.74, 6) is 0. The van der Waals surface area contributed by atoms with Crippen LogP contribution in [-0.4, -0.2) is 0 Å². The van der Waals surface area contributed by atoms with Gasteiger partial charge >= 0.3 is 0 Å². The quantitative estimate of drug-likeness (QED) is 0.584. The molecule has 1 rings (SSSR count). The van der Waals surface area contributed by atoms with Gasteiger partial charge in [0.1, 0.15) is 0 Å². The molecule has 1 aliphatic carbocycles. The van der Waals surface area contributed by atoms with E-state index in [1.807, 2.05) is 0 Å². The van der Waals surface area contributed by atoms with Gasteiger partial charge in [-0.05, 0) is 6.42 Å². The minimum Gasteiger partial charge on any atom is -0.248 e. The molecule has 0 aromatic carbocycles. The minimum atomic E-state index is 0. The molecule has 0 saturated carbocycles. The molecule has 0 aromatic heterocycles. The van der Waals surface area contributed by atoms with Crippen LogP contribution in [0.25, 0.3) is 0 Å². The summed E-state index contributed by atoms with van der Waals surface area (Å²) in [4.78, 5) is 0. The van der Waals surface area contributed by atoms with Crippen molar-refractivity contribution in [3.8, 4) is 0 Å². The van der Waals surface area contributed by atoms with Crippen LogP contribution in [0, 0.1) is 6.08 Å². The summed E-state index contributed by atoms with van der Waals surface area (Å²) in [6.45, 7) is 4.28. The predicted molar refractivity (Wildman–Crippen MR) is 40.0 cm³/mol. The van der Waals surface area contributed by atoms with Gasteiger partial charge in [0.05, 0.1) is 0 Å². The normalized spacial score (nSPS) is 20.6. The molecule has 0 atom stereocenters. The van der Waals surface area contributed by atoms with Gasteiger partial charge in [0.2, 0.25) is 0 Å². The van der Waals surface area contributed by atoms with Gasteiger partial charge in [-0.15, -0.1) is 6.92 Å². The van der Waals surface area contributed by atoms with E-state index < -0.39 is 0 Å². The largest absolute Gasteiger partial charge is 0.248 e. The molecule has 1 aliphatic rings. The SMILES string of the molecule is CC=C1[C-]=C(CC)CC1.[Y]. The van der Waals surface area contributed by atoms with Gasteiger partial charge in [-0.25, -0.2) is 17.7 Å². The van der Waals surface area contributed by atoms with Gasteiger partial charge in [-0.1, -0.05) is 19.8 Å². The first-order valence-corrected chi connectivity index (χ1v) is 3.63. The molecule has 0 unspecified atom stereocenters. The molecule has 0 nitrogen and oxygen atoms in total. The zero-order chi connectivity index (χ0) is 6.69.